The maximum Gasteiger partial charge on any atom is 0.303 e. The lowest BCUT2D eigenvalue weighted by Gasteiger charge is -2.07. The Morgan fingerprint density at radius 1 is 0.698 bits per heavy atom. The van der Waals surface area contributed by atoms with Crippen molar-refractivity contribution in [1.82, 2.24) is 20.6 Å². The van der Waals surface area contributed by atoms with Crippen molar-refractivity contribution in [2.45, 2.75) is 59.8 Å². The molecule has 2 aliphatic rings. The zero-order valence-corrected chi connectivity index (χ0v) is 24.8. The van der Waals surface area contributed by atoms with Crippen LogP contribution in [-0.2, 0) is 38.4 Å². The number of aromatic nitrogens is 2. The van der Waals surface area contributed by atoms with Crippen molar-refractivity contribution in [3.63, 3.8) is 0 Å². The fourth-order valence-electron chi connectivity index (χ4n) is 5.61. The van der Waals surface area contributed by atoms with Gasteiger partial charge in [-0.3, -0.25) is 19.2 Å². The van der Waals surface area contributed by atoms with Crippen LogP contribution >= 0.6 is 0 Å². The second kappa shape index (κ2) is 12.4. The zero-order valence-electron chi connectivity index (χ0n) is 24.8. The Bertz CT molecular complexity index is 1710. The molecule has 43 heavy (non-hydrogen) atoms. The van der Waals surface area contributed by atoms with Crippen LogP contribution in [0.25, 0.3) is 12.2 Å². The molecule has 4 rings (SSSR count). The van der Waals surface area contributed by atoms with Crippen LogP contribution in [0.2, 0.25) is 0 Å². The standard InChI is InChI=1S/C33H36N4O6/c1-7-20-19(6)32(42)37-27(20)14-25-18(5)23(10-12-31(40)41)29(35-25)15-28-22(9-11-30(38)39)17(4)24(34-28)13-26-16(3)21(8-2)33(43)36-26/h7-8,13-14,34-35H,1-2,9-12,15H2,3-6H3,(H,36,43)(H,37,42)(H,38,39)(H,40,41)/b26-13+,27-14-. The lowest BCUT2D eigenvalue weighted by atomic mass is 9.98. The molecule has 2 aliphatic heterocycles. The predicted octanol–water partition coefficient (Wildman–Crippen LogP) is 4.53. The van der Waals surface area contributed by atoms with E-state index >= 15 is 0 Å². The van der Waals surface area contributed by atoms with Crippen molar-refractivity contribution in [3.05, 3.63) is 104 Å². The Labute approximate surface area is 249 Å². The van der Waals surface area contributed by atoms with Crippen LogP contribution in [-0.4, -0.2) is 43.9 Å². The molecular weight excluding hydrogens is 548 g/mol. The summed E-state index contributed by atoms with van der Waals surface area (Å²) in [6, 6.07) is 0. The number of carboxylic acid groups (broad SMARTS) is 2. The molecule has 2 amide bonds. The van der Waals surface area contributed by atoms with Crippen LogP contribution in [0, 0.1) is 13.8 Å². The topological polar surface area (TPSA) is 164 Å². The van der Waals surface area contributed by atoms with E-state index in [0.717, 1.165) is 50.6 Å². The van der Waals surface area contributed by atoms with Crippen LogP contribution in [0.5, 0.6) is 0 Å². The van der Waals surface area contributed by atoms with Crippen molar-refractivity contribution in [2.75, 3.05) is 0 Å². The highest BCUT2D eigenvalue weighted by Gasteiger charge is 2.25. The van der Waals surface area contributed by atoms with E-state index in [0.29, 0.717) is 34.5 Å². The lowest BCUT2D eigenvalue weighted by Crippen LogP contribution is -2.15. The molecule has 0 spiro atoms. The zero-order chi connectivity index (χ0) is 31.6. The first-order valence-corrected chi connectivity index (χ1v) is 13.9. The number of aromatic amines is 2. The van der Waals surface area contributed by atoms with Crippen molar-refractivity contribution in [2.24, 2.45) is 0 Å². The maximum absolute atomic E-state index is 12.3. The summed E-state index contributed by atoms with van der Waals surface area (Å²) in [5, 5.41) is 24.6. The highest BCUT2D eigenvalue weighted by Crippen LogP contribution is 2.31. The normalized spacial score (nSPS) is 16.8. The summed E-state index contributed by atoms with van der Waals surface area (Å²) in [5.74, 6) is -2.28. The van der Waals surface area contributed by atoms with Gasteiger partial charge in [0.25, 0.3) is 11.8 Å². The number of hydrogen-bond donors (Lipinski definition) is 6. The van der Waals surface area contributed by atoms with Gasteiger partial charge in [-0.15, -0.1) is 0 Å². The summed E-state index contributed by atoms with van der Waals surface area (Å²) in [6.07, 6.45) is 7.58. The van der Waals surface area contributed by atoms with Crippen LogP contribution in [0.1, 0.15) is 71.7 Å². The number of allylic oxidation sites excluding steroid dienone is 2. The van der Waals surface area contributed by atoms with Crippen LogP contribution in [0.4, 0.5) is 0 Å². The molecule has 0 fully saturated rings. The van der Waals surface area contributed by atoms with Crippen molar-refractivity contribution >= 4 is 35.9 Å². The summed E-state index contributed by atoms with van der Waals surface area (Å²) in [7, 11) is 0. The average Bonchev–Trinajstić information content (AvgIpc) is 3.59. The summed E-state index contributed by atoms with van der Waals surface area (Å²) in [4.78, 5) is 54.5. The van der Waals surface area contributed by atoms with Gasteiger partial charge in [-0.25, -0.2) is 0 Å². The van der Waals surface area contributed by atoms with Gasteiger partial charge in [0.15, 0.2) is 0 Å². The van der Waals surface area contributed by atoms with E-state index in [1.165, 1.54) is 6.08 Å². The Kier molecular flexibility index (Phi) is 8.89. The van der Waals surface area contributed by atoms with Crippen molar-refractivity contribution in [1.29, 1.82) is 0 Å². The second-order valence-electron chi connectivity index (χ2n) is 10.7. The summed E-state index contributed by atoms with van der Waals surface area (Å²) >= 11 is 0. The number of carbonyl (C=O) groups excluding carboxylic acids is 2. The fourth-order valence-corrected chi connectivity index (χ4v) is 5.61. The molecule has 2 aromatic heterocycles. The maximum atomic E-state index is 12.3. The largest absolute Gasteiger partial charge is 0.481 e. The smallest absolute Gasteiger partial charge is 0.303 e. The molecule has 10 nitrogen and oxygen atoms in total. The minimum atomic E-state index is -0.922. The number of amides is 2. The molecule has 0 bridgehead atoms. The van der Waals surface area contributed by atoms with Gasteiger partial charge in [0.05, 0.1) is 5.70 Å². The number of aliphatic carboxylic acids is 2. The Hall–Kier alpha value is -5.12. The third-order valence-electron chi connectivity index (χ3n) is 8.11. The van der Waals surface area contributed by atoms with Gasteiger partial charge < -0.3 is 30.8 Å². The number of nitrogens with one attached hydrogen (secondary N) is 4. The van der Waals surface area contributed by atoms with Gasteiger partial charge in [0, 0.05) is 64.5 Å². The highest BCUT2D eigenvalue weighted by molar-refractivity contribution is 6.03. The first-order valence-electron chi connectivity index (χ1n) is 13.9. The van der Waals surface area contributed by atoms with Gasteiger partial charge in [-0.2, -0.15) is 0 Å². The SMILES string of the molecule is C=CC1=C(C)/C(=C\c2[nH]c(Cc3[nH]c(/C=C4\NC(=O)C(C)=C4C=C)c(C)c3CCC(=O)O)c(CCC(=O)O)c2C)NC1=O. The Morgan fingerprint density at radius 3 is 1.60 bits per heavy atom. The third kappa shape index (κ3) is 6.23. The summed E-state index contributed by atoms with van der Waals surface area (Å²) < 4.78 is 0. The monoisotopic (exact) mass is 584 g/mol. The molecule has 0 radical (unpaired) electrons. The summed E-state index contributed by atoms with van der Waals surface area (Å²) in [5.41, 5.74) is 10.2. The van der Waals surface area contributed by atoms with E-state index in [1.54, 1.807) is 13.0 Å². The van der Waals surface area contributed by atoms with Gasteiger partial charge in [-0.1, -0.05) is 25.3 Å². The molecule has 0 saturated heterocycles. The molecule has 0 unspecified atom stereocenters. The molecule has 0 atom stereocenters. The molecule has 0 aromatic carbocycles. The third-order valence-corrected chi connectivity index (χ3v) is 8.11. The molecular formula is C33H36N4O6. The van der Waals surface area contributed by atoms with E-state index < -0.39 is 11.9 Å². The van der Waals surface area contributed by atoms with E-state index in [1.807, 2.05) is 32.9 Å². The van der Waals surface area contributed by atoms with Crippen LogP contribution in [0.3, 0.4) is 0 Å². The predicted molar refractivity (Wildman–Crippen MR) is 164 cm³/mol. The summed E-state index contributed by atoms with van der Waals surface area (Å²) in [6.45, 7) is 14.9. The molecule has 4 heterocycles. The highest BCUT2D eigenvalue weighted by atomic mass is 16.4. The number of rotatable bonds is 12. The van der Waals surface area contributed by atoms with E-state index in [-0.39, 0.29) is 37.5 Å². The molecule has 0 saturated carbocycles. The van der Waals surface area contributed by atoms with E-state index in [4.69, 9.17) is 0 Å². The quantitative estimate of drug-likeness (QED) is 0.215. The number of carbonyl (C=O) groups is 4. The number of H-pyrrole nitrogens is 2. The lowest BCUT2D eigenvalue weighted by molar-refractivity contribution is -0.138. The van der Waals surface area contributed by atoms with Gasteiger partial charge >= 0.3 is 11.9 Å². The van der Waals surface area contributed by atoms with Gasteiger partial charge in [-0.05, 0) is 80.5 Å². The fraction of sp³-hybridized carbons (Fsp3) is 0.273. The number of carboxylic acids is 2. The molecule has 6 N–H and O–H groups in total. The molecule has 10 heteroatoms. The molecule has 0 aliphatic carbocycles. The first kappa shape index (κ1) is 30.8. The first-order chi connectivity index (χ1) is 20.4. The molecule has 224 valence electrons. The average molecular weight is 585 g/mol. The Morgan fingerprint density at radius 2 is 1.16 bits per heavy atom. The minimum Gasteiger partial charge on any atom is -0.481 e. The second-order valence-corrected chi connectivity index (χ2v) is 10.7. The Balaban J connectivity index is 1.80. The van der Waals surface area contributed by atoms with E-state index in [9.17, 15) is 29.4 Å². The van der Waals surface area contributed by atoms with Crippen molar-refractivity contribution < 1.29 is 29.4 Å². The molecule has 2 aromatic rings. The van der Waals surface area contributed by atoms with Crippen LogP contribution < -0.4 is 10.6 Å². The minimum absolute atomic E-state index is 0.0688. The van der Waals surface area contributed by atoms with Gasteiger partial charge in [0.1, 0.15) is 0 Å². The van der Waals surface area contributed by atoms with Crippen LogP contribution in [0.15, 0.2) is 59.0 Å². The van der Waals surface area contributed by atoms with Gasteiger partial charge in [0.2, 0.25) is 0 Å². The van der Waals surface area contributed by atoms with E-state index in [2.05, 4.69) is 33.8 Å². The number of hydrogen-bond acceptors (Lipinski definition) is 4. The van der Waals surface area contributed by atoms with Crippen molar-refractivity contribution in [3.8, 4) is 0 Å².